The van der Waals surface area contributed by atoms with E-state index in [2.05, 4.69) is 0 Å². The fourth-order valence-corrected chi connectivity index (χ4v) is 5.40. The maximum atomic E-state index is 14.4. The van der Waals surface area contributed by atoms with Gasteiger partial charge >= 0.3 is 11.7 Å². The Hall–Kier alpha value is -5.05. The van der Waals surface area contributed by atoms with Crippen molar-refractivity contribution in [2.45, 2.75) is 57.4 Å². The van der Waals surface area contributed by atoms with Crippen molar-refractivity contribution in [2.24, 2.45) is 5.73 Å². The molecule has 0 bridgehead atoms. The van der Waals surface area contributed by atoms with Gasteiger partial charge in [0, 0.05) is 24.7 Å². The summed E-state index contributed by atoms with van der Waals surface area (Å²) in [6, 6.07) is 11.0. The zero-order valence-electron chi connectivity index (χ0n) is 25.6. The molecule has 4 atom stereocenters. The van der Waals surface area contributed by atoms with E-state index in [1.54, 1.807) is 13.8 Å². The lowest BCUT2D eigenvalue weighted by Gasteiger charge is -2.47. The second-order valence-corrected chi connectivity index (χ2v) is 11.3. The Balaban J connectivity index is 1.40. The second-order valence-electron chi connectivity index (χ2n) is 11.3. The minimum absolute atomic E-state index is 0.0226. The van der Waals surface area contributed by atoms with Crippen LogP contribution in [-0.2, 0) is 20.6 Å². The van der Waals surface area contributed by atoms with Crippen molar-refractivity contribution in [1.29, 1.82) is 0 Å². The van der Waals surface area contributed by atoms with E-state index in [1.165, 1.54) is 44.4 Å². The highest BCUT2D eigenvalue weighted by atomic mass is 19.1. The number of ether oxygens (including phenoxy) is 5. The molecule has 1 aliphatic heterocycles. The van der Waals surface area contributed by atoms with Crippen molar-refractivity contribution < 1.29 is 56.7 Å². The third kappa shape index (κ3) is 6.75. The van der Waals surface area contributed by atoms with E-state index in [4.69, 9.17) is 33.8 Å². The number of ketones is 1. The van der Waals surface area contributed by atoms with Gasteiger partial charge in [-0.3, -0.25) is 4.79 Å². The SMILES string of the molecule is CO[C@@H]1[C@@H](OC(N)=O)[C@@H](O)[C@H](Oc2ccc3c(O)c(CC(=O)c4ccc(F)c(Oc5ccc(F)cc5)c4)c(=O)oc3c2C)OC1(C)C. The first kappa shape index (κ1) is 33.3. The van der Waals surface area contributed by atoms with Crippen molar-refractivity contribution in [3.63, 3.8) is 0 Å². The summed E-state index contributed by atoms with van der Waals surface area (Å²) in [6.07, 6.45) is -6.82. The number of halogens is 2. The number of carbonyl (C=O) groups excluding carboxylic acids is 2. The molecule has 0 aliphatic carbocycles. The van der Waals surface area contributed by atoms with Gasteiger partial charge in [0.05, 0.1) is 16.6 Å². The molecular weight excluding hydrogens is 624 g/mol. The van der Waals surface area contributed by atoms with Crippen LogP contribution in [0.5, 0.6) is 23.0 Å². The van der Waals surface area contributed by atoms with E-state index in [0.29, 0.717) is 0 Å². The Kier molecular flexibility index (Phi) is 9.20. The van der Waals surface area contributed by atoms with Gasteiger partial charge in [0.2, 0.25) is 6.29 Å². The van der Waals surface area contributed by atoms with E-state index in [1.807, 2.05) is 0 Å². The highest BCUT2D eigenvalue weighted by Crippen LogP contribution is 2.38. The molecule has 248 valence electrons. The van der Waals surface area contributed by atoms with Gasteiger partial charge in [0.15, 0.2) is 29.6 Å². The average Bonchev–Trinajstić information content (AvgIpc) is 3.01. The summed E-state index contributed by atoms with van der Waals surface area (Å²) >= 11 is 0. The molecule has 47 heavy (non-hydrogen) atoms. The second kappa shape index (κ2) is 13.0. The Labute approximate surface area is 266 Å². The Bertz CT molecular complexity index is 1890. The summed E-state index contributed by atoms with van der Waals surface area (Å²) < 4.78 is 61.0. The molecule has 4 N–H and O–H groups in total. The molecular formula is C33H31F2NO11. The zero-order chi connectivity index (χ0) is 34.2. The van der Waals surface area contributed by atoms with Crippen LogP contribution in [0.4, 0.5) is 13.6 Å². The third-order valence-electron chi connectivity index (χ3n) is 7.74. The van der Waals surface area contributed by atoms with Crippen LogP contribution in [0.2, 0.25) is 0 Å². The van der Waals surface area contributed by atoms with E-state index < -0.39 is 71.5 Å². The molecule has 0 radical (unpaired) electrons. The van der Waals surface area contributed by atoms with Crippen molar-refractivity contribution in [3.8, 4) is 23.0 Å². The lowest BCUT2D eigenvalue weighted by atomic mass is 9.89. The molecule has 1 aromatic heterocycles. The molecule has 14 heteroatoms. The summed E-state index contributed by atoms with van der Waals surface area (Å²) in [4.78, 5) is 37.7. The van der Waals surface area contributed by atoms with Crippen molar-refractivity contribution in [2.75, 3.05) is 7.11 Å². The van der Waals surface area contributed by atoms with Crippen LogP contribution in [0, 0.1) is 18.6 Å². The van der Waals surface area contributed by atoms with Crippen molar-refractivity contribution in [1.82, 2.24) is 0 Å². The number of methoxy groups -OCH3 is 1. The van der Waals surface area contributed by atoms with Gasteiger partial charge in [0.25, 0.3) is 0 Å². The lowest BCUT2D eigenvalue weighted by molar-refractivity contribution is -0.304. The quantitative estimate of drug-likeness (QED) is 0.169. The summed E-state index contributed by atoms with van der Waals surface area (Å²) in [5, 5.41) is 22.1. The number of primary amides is 1. The first-order chi connectivity index (χ1) is 22.2. The fourth-order valence-electron chi connectivity index (χ4n) is 5.40. The number of Topliss-reactive ketones (excluding diaryl/α,β-unsaturated/α-hetero) is 1. The van der Waals surface area contributed by atoms with Crippen LogP contribution in [0.3, 0.4) is 0 Å². The number of aliphatic hydroxyl groups is 1. The molecule has 0 saturated carbocycles. The van der Waals surface area contributed by atoms with Crippen LogP contribution in [0.1, 0.15) is 35.3 Å². The maximum Gasteiger partial charge on any atom is 0.404 e. The van der Waals surface area contributed by atoms with Crippen LogP contribution in [0.15, 0.2) is 63.8 Å². The summed E-state index contributed by atoms with van der Waals surface area (Å²) in [7, 11) is 1.35. The van der Waals surface area contributed by atoms with E-state index in [9.17, 15) is 33.4 Å². The normalized spacial score (nSPS) is 20.5. The van der Waals surface area contributed by atoms with E-state index in [-0.39, 0.29) is 44.9 Å². The number of aromatic hydroxyl groups is 1. The Morgan fingerprint density at radius 3 is 2.40 bits per heavy atom. The molecule has 3 aromatic carbocycles. The van der Waals surface area contributed by atoms with Gasteiger partial charge in [-0.15, -0.1) is 0 Å². The van der Waals surface area contributed by atoms with Crippen LogP contribution >= 0.6 is 0 Å². The Morgan fingerprint density at radius 2 is 1.74 bits per heavy atom. The number of aliphatic hydroxyl groups excluding tert-OH is 1. The highest BCUT2D eigenvalue weighted by molar-refractivity contribution is 5.99. The van der Waals surface area contributed by atoms with Crippen LogP contribution in [0.25, 0.3) is 11.0 Å². The van der Waals surface area contributed by atoms with Gasteiger partial charge in [-0.1, -0.05) is 0 Å². The van der Waals surface area contributed by atoms with Gasteiger partial charge in [-0.2, -0.15) is 0 Å². The monoisotopic (exact) mass is 655 g/mol. The van der Waals surface area contributed by atoms with E-state index in [0.717, 1.165) is 24.3 Å². The fraction of sp³-hybridized carbons (Fsp3) is 0.303. The maximum absolute atomic E-state index is 14.4. The third-order valence-corrected chi connectivity index (χ3v) is 7.74. The van der Waals surface area contributed by atoms with Gasteiger partial charge < -0.3 is 44.0 Å². The minimum Gasteiger partial charge on any atom is -0.507 e. The summed E-state index contributed by atoms with van der Waals surface area (Å²) in [5.74, 6) is -2.54. The molecule has 1 fully saturated rings. The molecule has 5 rings (SSSR count). The number of hydrogen-bond donors (Lipinski definition) is 3. The smallest absolute Gasteiger partial charge is 0.404 e. The Morgan fingerprint density at radius 1 is 1.04 bits per heavy atom. The van der Waals surface area contributed by atoms with Gasteiger partial charge in [-0.05, 0) is 75.4 Å². The number of aryl methyl sites for hydroxylation is 1. The summed E-state index contributed by atoms with van der Waals surface area (Å²) in [5.41, 5.74) is 2.88. The number of nitrogens with two attached hydrogens (primary N) is 1. The number of fused-ring (bicyclic) bond motifs is 1. The molecule has 2 heterocycles. The zero-order valence-corrected chi connectivity index (χ0v) is 25.6. The largest absolute Gasteiger partial charge is 0.507 e. The number of amides is 1. The number of carbonyl (C=O) groups is 2. The molecule has 1 aliphatic rings. The number of hydrogen-bond acceptors (Lipinski definition) is 11. The molecule has 1 amide bonds. The number of rotatable bonds is 9. The first-order valence-electron chi connectivity index (χ1n) is 14.3. The standard InChI is InChI=1S/C33H31F2NO11/c1-15-23(44-31-26(39)28(46-32(36)41)29(42-4)33(2,3)47-31)12-10-19-25(38)20(30(40)45-27(15)19)14-22(37)16-5-11-21(35)24(13-16)43-18-8-6-17(34)7-9-18/h5-13,26,28-29,31,38-39H,14H2,1-4H3,(H2,36,41)/t26-,28+,29-,31-/m1/s1. The van der Waals surface area contributed by atoms with Crippen molar-refractivity contribution >= 4 is 22.8 Å². The van der Waals surface area contributed by atoms with Gasteiger partial charge in [0.1, 0.15) is 34.8 Å². The predicted octanol–water partition coefficient (Wildman–Crippen LogP) is 4.66. The van der Waals surface area contributed by atoms with Crippen molar-refractivity contribution in [3.05, 3.63) is 93.3 Å². The first-order valence-corrected chi connectivity index (χ1v) is 14.3. The van der Waals surface area contributed by atoms with Crippen LogP contribution < -0.4 is 20.8 Å². The topological polar surface area (TPSA) is 177 Å². The molecule has 0 spiro atoms. The van der Waals surface area contributed by atoms with Crippen LogP contribution in [-0.4, -0.2) is 59.4 Å². The molecule has 1 saturated heterocycles. The number of benzene rings is 3. The molecule has 12 nitrogen and oxygen atoms in total. The highest BCUT2D eigenvalue weighted by Gasteiger charge is 2.53. The average molecular weight is 656 g/mol. The lowest BCUT2D eigenvalue weighted by Crippen LogP contribution is -2.65. The van der Waals surface area contributed by atoms with Gasteiger partial charge in [-0.25, -0.2) is 18.4 Å². The van der Waals surface area contributed by atoms with E-state index >= 15 is 0 Å². The summed E-state index contributed by atoms with van der Waals surface area (Å²) in [6.45, 7) is 4.81. The predicted molar refractivity (Wildman–Crippen MR) is 161 cm³/mol. The molecule has 4 aromatic rings. The minimum atomic E-state index is -1.54. The molecule has 0 unspecified atom stereocenters.